The molecule has 18 heavy (non-hydrogen) atoms. The fourth-order valence-electron chi connectivity index (χ4n) is 1.68. The van der Waals surface area contributed by atoms with E-state index in [4.69, 9.17) is 21.4 Å². The average Bonchev–Trinajstić information content (AvgIpc) is 2.79. The lowest BCUT2D eigenvalue weighted by Gasteiger charge is -2.23. The number of carboxylic acid groups (broad SMARTS) is 1. The van der Waals surface area contributed by atoms with Gasteiger partial charge in [0.05, 0.1) is 11.6 Å². The lowest BCUT2D eigenvalue weighted by atomic mass is 9.99. The second-order valence-electron chi connectivity index (χ2n) is 4.01. The summed E-state index contributed by atoms with van der Waals surface area (Å²) in [6, 6.07) is 2.95. The number of carbonyl (C=O) groups is 2. The van der Waals surface area contributed by atoms with E-state index in [9.17, 15) is 9.59 Å². The van der Waals surface area contributed by atoms with Gasteiger partial charge in [0.1, 0.15) is 5.69 Å². The van der Waals surface area contributed by atoms with Gasteiger partial charge in [-0.05, 0) is 12.1 Å². The van der Waals surface area contributed by atoms with E-state index in [1.54, 1.807) is 0 Å². The molecule has 0 bridgehead atoms. The van der Waals surface area contributed by atoms with Crippen molar-refractivity contribution in [3.05, 3.63) is 29.0 Å². The first kappa shape index (κ1) is 12.8. The van der Waals surface area contributed by atoms with Crippen LogP contribution in [0.3, 0.4) is 0 Å². The predicted molar refractivity (Wildman–Crippen MR) is 62.5 cm³/mol. The maximum Gasteiger partial charge on any atom is 0.331 e. The molecule has 0 saturated carbocycles. The van der Waals surface area contributed by atoms with Crippen LogP contribution in [-0.2, 0) is 9.53 Å². The molecular weight excluding hydrogens is 260 g/mol. The minimum Gasteiger partial charge on any atom is -0.479 e. The Hall–Kier alpha value is -1.66. The number of carbonyl (C=O) groups excluding carboxylic acids is 1. The third-order valence-corrected chi connectivity index (χ3v) is 2.97. The third kappa shape index (κ3) is 2.44. The summed E-state index contributed by atoms with van der Waals surface area (Å²) in [7, 11) is 0. The van der Waals surface area contributed by atoms with Gasteiger partial charge in [-0.25, -0.2) is 9.78 Å². The van der Waals surface area contributed by atoms with Crippen molar-refractivity contribution in [1.82, 2.24) is 10.3 Å². The molecular formula is C11H11ClN2O4. The monoisotopic (exact) mass is 270 g/mol. The molecule has 2 rings (SSSR count). The van der Waals surface area contributed by atoms with Crippen molar-refractivity contribution in [2.45, 2.75) is 12.0 Å². The number of hydrogen-bond donors (Lipinski definition) is 2. The maximum absolute atomic E-state index is 11.9. The number of ether oxygens (including phenoxy) is 1. The van der Waals surface area contributed by atoms with Crippen molar-refractivity contribution in [2.24, 2.45) is 0 Å². The van der Waals surface area contributed by atoms with Crippen LogP contribution < -0.4 is 5.32 Å². The molecule has 1 unspecified atom stereocenters. The topological polar surface area (TPSA) is 88.5 Å². The molecule has 0 aromatic carbocycles. The molecule has 1 atom stereocenters. The van der Waals surface area contributed by atoms with Crippen molar-refractivity contribution >= 4 is 23.5 Å². The van der Waals surface area contributed by atoms with Gasteiger partial charge >= 0.3 is 5.97 Å². The number of aromatic nitrogens is 1. The molecule has 1 amide bonds. The molecule has 0 radical (unpaired) electrons. The molecule has 0 spiro atoms. The largest absolute Gasteiger partial charge is 0.479 e. The van der Waals surface area contributed by atoms with E-state index in [1.807, 2.05) is 0 Å². The lowest BCUT2D eigenvalue weighted by molar-refractivity contribution is -0.144. The summed E-state index contributed by atoms with van der Waals surface area (Å²) < 4.78 is 5.04. The lowest BCUT2D eigenvalue weighted by Crippen LogP contribution is -2.55. The van der Waals surface area contributed by atoms with Crippen molar-refractivity contribution in [3.8, 4) is 0 Å². The zero-order chi connectivity index (χ0) is 13.2. The summed E-state index contributed by atoms with van der Waals surface area (Å²) in [6.07, 6.45) is 1.57. The van der Waals surface area contributed by atoms with Gasteiger partial charge in [0.15, 0.2) is 5.54 Å². The Balaban J connectivity index is 2.15. The Morgan fingerprint density at radius 2 is 2.28 bits per heavy atom. The molecule has 6 nitrogen and oxygen atoms in total. The highest BCUT2D eigenvalue weighted by molar-refractivity contribution is 6.30. The minimum absolute atomic E-state index is 0.0400. The average molecular weight is 271 g/mol. The summed E-state index contributed by atoms with van der Waals surface area (Å²) in [5.41, 5.74) is -1.25. The van der Waals surface area contributed by atoms with Gasteiger partial charge in [0.25, 0.3) is 5.91 Å². The summed E-state index contributed by atoms with van der Waals surface area (Å²) in [6.45, 7) is 0.266. The predicted octanol–water partition coefficient (Wildman–Crippen LogP) is 0.708. The van der Waals surface area contributed by atoms with Gasteiger partial charge < -0.3 is 15.2 Å². The van der Waals surface area contributed by atoms with Crippen LogP contribution in [0.25, 0.3) is 0 Å². The number of hydrogen-bond acceptors (Lipinski definition) is 4. The number of nitrogens with zero attached hydrogens (tertiary/aromatic N) is 1. The van der Waals surface area contributed by atoms with Crippen LogP contribution >= 0.6 is 11.6 Å². The van der Waals surface area contributed by atoms with E-state index in [1.165, 1.54) is 18.3 Å². The summed E-state index contributed by atoms with van der Waals surface area (Å²) in [5.74, 6) is -1.66. The van der Waals surface area contributed by atoms with Crippen LogP contribution in [0.5, 0.6) is 0 Å². The smallest absolute Gasteiger partial charge is 0.331 e. The number of halogens is 1. The third-order valence-electron chi connectivity index (χ3n) is 2.74. The molecule has 1 aliphatic heterocycles. The highest BCUT2D eigenvalue weighted by Gasteiger charge is 2.44. The Labute approximate surface area is 108 Å². The second kappa shape index (κ2) is 4.91. The molecule has 1 fully saturated rings. The molecule has 1 aromatic heterocycles. The Morgan fingerprint density at radius 1 is 1.50 bits per heavy atom. The quantitative estimate of drug-likeness (QED) is 0.844. The van der Waals surface area contributed by atoms with Gasteiger partial charge in [-0.2, -0.15) is 0 Å². The van der Waals surface area contributed by atoms with Crippen molar-refractivity contribution in [3.63, 3.8) is 0 Å². The normalized spacial score (nSPS) is 22.7. The van der Waals surface area contributed by atoms with Crippen molar-refractivity contribution in [2.75, 3.05) is 13.2 Å². The van der Waals surface area contributed by atoms with Crippen molar-refractivity contribution < 1.29 is 19.4 Å². The first-order valence-electron chi connectivity index (χ1n) is 5.29. The fraction of sp³-hybridized carbons (Fsp3) is 0.364. The minimum atomic E-state index is -1.36. The number of rotatable bonds is 3. The van der Waals surface area contributed by atoms with Crippen LogP contribution in [0.15, 0.2) is 18.3 Å². The van der Waals surface area contributed by atoms with Crippen LogP contribution in [0.1, 0.15) is 16.9 Å². The molecule has 1 aliphatic rings. The van der Waals surface area contributed by atoms with Gasteiger partial charge in [-0.1, -0.05) is 11.6 Å². The van der Waals surface area contributed by atoms with Crippen LogP contribution in [0.2, 0.25) is 5.02 Å². The van der Waals surface area contributed by atoms with E-state index in [2.05, 4.69) is 10.3 Å². The van der Waals surface area contributed by atoms with Crippen LogP contribution in [0.4, 0.5) is 0 Å². The molecule has 1 aromatic rings. The first-order valence-corrected chi connectivity index (χ1v) is 5.66. The number of carboxylic acids is 1. The fourth-order valence-corrected chi connectivity index (χ4v) is 1.79. The molecule has 1 saturated heterocycles. The Kier molecular flexibility index (Phi) is 3.49. The molecule has 2 N–H and O–H groups in total. The zero-order valence-electron chi connectivity index (χ0n) is 9.35. The molecule has 2 heterocycles. The van der Waals surface area contributed by atoms with Gasteiger partial charge in [-0.3, -0.25) is 4.79 Å². The van der Waals surface area contributed by atoms with Crippen molar-refractivity contribution in [1.29, 1.82) is 0 Å². The van der Waals surface area contributed by atoms with E-state index in [-0.39, 0.29) is 18.7 Å². The SMILES string of the molecule is O=C(NC1(C(=O)O)CCOC1)c1ccc(Cl)cn1. The van der Waals surface area contributed by atoms with E-state index < -0.39 is 17.4 Å². The highest BCUT2D eigenvalue weighted by Crippen LogP contribution is 2.19. The highest BCUT2D eigenvalue weighted by atomic mass is 35.5. The molecule has 7 heteroatoms. The second-order valence-corrected chi connectivity index (χ2v) is 4.44. The van der Waals surface area contributed by atoms with E-state index >= 15 is 0 Å². The van der Waals surface area contributed by atoms with Gasteiger partial charge in [0, 0.05) is 19.2 Å². The van der Waals surface area contributed by atoms with Gasteiger partial charge in [0.2, 0.25) is 0 Å². The number of nitrogens with one attached hydrogen (secondary N) is 1. The number of aliphatic carboxylic acids is 1. The summed E-state index contributed by atoms with van der Waals surface area (Å²) >= 11 is 5.66. The van der Waals surface area contributed by atoms with E-state index in [0.29, 0.717) is 11.6 Å². The van der Waals surface area contributed by atoms with Gasteiger partial charge in [-0.15, -0.1) is 0 Å². The maximum atomic E-state index is 11.9. The Morgan fingerprint density at radius 3 is 2.78 bits per heavy atom. The molecule has 0 aliphatic carbocycles. The van der Waals surface area contributed by atoms with Crippen LogP contribution in [-0.4, -0.2) is 40.7 Å². The summed E-state index contributed by atoms with van der Waals surface area (Å²) in [4.78, 5) is 26.9. The first-order chi connectivity index (χ1) is 8.53. The number of pyridine rings is 1. The zero-order valence-corrected chi connectivity index (χ0v) is 10.1. The standard InChI is InChI=1S/C11H11ClN2O4/c12-7-1-2-8(13-5-7)9(15)14-11(10(16)17)3-4-18-6-11/h1-2,5H,3-4,6H2,(H,14,15)(H,16,17). The molecule has 96 valence electrons. The van der Waals surface area contributed by atoms with E-state index in [0.717, 1.165) is 0 Å². The number of amides is 1. The summed E-state index contributed by atoms with van der Waals surface area (Å²) in [5, 5.41) is 12.0. The Bertz CT molecular complexity index is 468. The van der Waals surface area contributed by atoms with Crippen LogP contribution in [0, 0.1) is 0 Å².